The zero-order chi connectivity index (χ0) is 17.0. The second-order valence-corrected chi connectivity index (χ2v) is 6.16. The molecule has 1 aliphatic rings. The molecule has 0 aromatic carbocycles. The van der Waals surface area contributed by atoms with Crippen LogP contribution in [0.3, 0.4) is 0 Å². The Morgan fingerprint density at radius 3 is 2.33 bits per heavy atom. The lowest BCUT2D eigenvalue weighted by Gasteiger charge is -2.20. The van der Waals surface area contributed by atoms with Crippen molar-refractivity contribution < 1.29 is 9.59 Å². The van der Waals surface area contributed by atoms with Gasteiger partial charge < -0.3 is 16.0 Å². The van der Waals surface area contributed by atoms with Gasteiger partial charge in [-0.2, -0.15) is 0 Å². The van der Waals surface area contributed by atoms with E-state index in [0.717, 1.165) is 0 Å². The molecule has 2 rings (SSSR count). The van der Waals surface area contributed by atoms with E-state index >= 15 is 0 Å². The van der Waals surface area contributed by atoms with Crippen molar-refractivity contribution in [1.29, 1.82) is 0 Å². The van der Waals surface area contributed by atoms with Crippen molar-refractivity contribution in [3.05, 3.63) is 18.5 Å². The van der Waals surface area contributed by atoms with E-state index in [-0.39, 0.29) is 11.8 Å². The molecule has 1 aromatic heterocycles. The van der Waals surface area contributed by atoms with Crippen molar-refractivity contribution in [3.63, 3.8) is 0 Å². The molecule has 0 radical (unpaired) electrons. The summed E-state index contributed by atoms with van der Waals surface area (Å²) in [6, 6.07) is 1.74. The lowest BCUT2D eigenvalue weighted by Crippen LogP contribution is -2.36. The first kappa shape index (κ1) is 18.2. The fraction of sp³-hybridized carbons (Fsp3) is 0.647. The summed E-state index contributed by atoms with van der Waals surface area (Å²) in [6.07, 6.45) is 10.4. The molecule has 0 atom stereocenters. The minimum atomic E-state index is -0.0556. The smallest absolute Gasteiger partial charge is 0.222 e. The van der Waals surface area contributed by atoms with Gasteiger partial charge in [0.25, 0.3) is 0 Å². The van der Waals surface area contributed by atoms with Crippen molar-refractivity contribution in [1.82, 2.24) is 20.6 Å². The predicted octanol–water partition coefficient (Wildman–Crippen LogP) is 1.48. The molecule has 2 amide bonds. The average Bonchev–Trinajstić information content (AvgIpc) is 2.60. The molecule has 0 bridgehead atoms. The topological polar surface area (TPSA) is 96.0 Å². The normalized spacial score (nSPS) is 14.8. The van der Waals surface area contributed by atoms with E-state index in [1.54, 1.807) is 18.5 Å². The van der Waals surface area contributed by atoms with Gasteiger partial charge in [-0.15, -0.1) is 0 Å². The Balaban J connectivity index is 1.47. The summed E-state index contributed by atoms with van der Waals surface area (Å²) in [7, 11) is 0. The second-order valence-electron chi connectivity index (χ2n) is 6.16. The van der Waals surface area contributed by atoms with Crippen LogP contribution in [0.1, 0.15) is 44.9 Å². The Kier molecular flexibility index (Phi) is 8.00. The molecule has 24 heavy (non-hydrogen) atoms. The summed E-state index contributed by atoms with van der Waals surface area (Å²) in [5, 5.41) is 8.65. The molecule has 0 spiro atoms. The maximum atomic E-state index is 11.8. The summed E-state index contributed by atoms with van der Waals surface area (Å²) >= 11 is 0. The monoisotopic (exact) mass is 333 g/mol. The highest BCUT2D eigenvalue weighted by Gasteiger charge is 2.16. The lowest BCUT2D eigenvalue weighted by molar-refractivity contribution is -0.123. The van der Waals surface area contributed by atoms with Crippen LogP contribution in [0.25, 0.3) is 0 Å². The highest BCUT2D eigenvalue weighted by atomic mass is 16.2. The number of aromatic nitrogens is 2. The number of hydrogen-bond donors (Lipinski definition) is 3. The van der Waals surface area contributed by atoms with Gasteiger partial charge in [0.2, 0.25) is 17.8 Å². The zero-order valence-corrected chi connectivity index (χ0v) is 14.1. The van der Waals surface area contributed by atoms with E-state index in [2.05, 4.69) is 25.9 Å². The summed E-state index contributed by atoms with van der Waals surface area (Å²) < 4.78 is 0. The van der Waals surface area contributed by atoms with E-state index in [0.29, 0.717) is 44.3 Å². The van der Waals surface area contributed by atoms with Crippen molar-refractivity contribution >= 4 is 17.8 Å². The molecule has 0 saturated heterocycles. The number of amides is 2. The number of nitrogens with one attached hydrogen (secondary N) is 3. The molecule has 0 unspecified atom stereocenters. The van der Waals surface area contributed by atoms with Gasteiger partial charge in [0.15, 0.2) is 0 Å². The molecular weight excluding hydrogens is 306 g/mol. The number of carbonyl (C=O) groups is 2. The van der Waals surface area contributed by atoms with Gasteiger partial charge in [-0.25, -0.2) is 9.97 Å². The quantitative estimate of drug-likeness (QED) is 0.595. The highest BCUT2D eigenvalue weighted by Crippen LogP contribution is 2.25. The number of hydrogen-bond acceptors (Lipinski definition) is 5. The maximum absolute atomic E-state index is 11.8. The van der Waals surface area contributed by atoms with Crippen LogP contribution in [0, 0.1) is 5.92 Å². The summed E-state index contributed by atoms with van der Waals surface area (Å²) in [5.41, 5.74) is 0. The molecule has 1 aromatic rings. The molecular formula is C17H27N5O2. The Hall–Kier alpha value is -2.18. The minimum Gasteiger partial charge on any atom is -0.354 e. The van der Waals surface area contributed by atoms with E-state index in [9.17, 15) is 9.59 Å². The van der Waals surface area contributed by atoms with Crippen molar-refractivity contribution in [2.24, 2.45) is 5.92 Å². The van der Waals surface area contributed by atoms with Crippen LogP contribution in [0.15, 0.2) is 18.5 Å². The number of nitrogens with zero attached hydrogens (tertiary/aromatic N) is 2. The van der Waals surface area contributed by atoms with Gasteiger partial charge in [-0.3, -0.25) is 9.59 Å². The van der Waals surface area contributed by atoms with Crippen LogP contribution in [-0.4, -0.2) is 41.4 Å². The lowest BCUT2D eigenvalue weighted by atomic mass is 9.87. The molecule has 7 heteroatoms. The molecule has 0 aliphatic heterocycles. The summed E-state index contributed by atoms with van der Waals surface area (Å²) in [6.45, 7) is 1.41. The Morgan fingerprint density at radius 1 is 0.958 bits per heavy atom. The van der Waals surface area contributed by atoms with Crippen LogP contribution in [-0.2, 0) is 9.59 Å². The molecule has 1 heterocycles. The molecule has 7 nitrogen and oxygen atoms in total. The van der Waals surface area contributed by atoms with Gasteiger partial charge in [0.1, 0.15) is 0 Å². The van der Waals surface area contributed by atoms with Gasteiger partial charge in [-0.1, -0.05) is 19.3 Å². The van der Waals surface area contributed by atoms with Gasteiger partial charge >= 0.3 is 0 Å². The van der Waals surface area contributed by atoms with Gasteiger partial charge in [-0.05, 0) is 24.8 Å². The van der Waals surface area contributed by atoms with Crippen molar-refractivity contribution in [2.45, 2.75) is 44.9 Å². The Morgan fingerprint density at radius 2 is 1.62 bits per heavy atom. The summed E-state index contributed by atoms with van der Waals surface area (Å²) in [5.74, 6) is 1.10. The standard InChI is InChI=1S/C17H27N5O2/c23-15(7-10-22-17-20-8-4-9-21-17)18-11-12-19-16(24)13-14-5-2-1-3-6-14/h4,8-9,14H,1-3,5-7,10-13H2,(H,18,23)(H,19,24)(H,20,21,22). The van der Waals surface area contributed by atoms with Crippen LogP contribution in [0.2, 0.25) is 0 Å². The Labute approximate surface area is 143 Å². The van der Waals surface area contributed by atoms with Crippen LogP contribution in [0.5, 0.6) is 0 Å². The second kappa shape index (κ2) is 10.6. The highest BCUT2D eigenvalue weighted by molar-refractivity contribution is 5.77. The van der Waals surface area contributed by atoms with Crippen LogP contribution in [0.4, 0.5) is 5.95 Å². The predicted molar refractivity (Wildman–Crippen MR) is 92.4 cm³/mol. The van der Waals surface area contributed by atoms with E-state index in [1.165, 1.54) is 32.1 Å². The first-order chi connectivity index (χ1) is 11.7. The molecule has 1 fully saturated rings. The zero-order valence-electron chi connectivity index (χ0n) is 14.1. The SMILES string of the molecule is O=C(CCNc1ncccn1)NCCNC(=O)CC1CCCCC1. The molecule has 1 saturated carbocycles. The largest absolute Gasteiger partial charge is 0.354 e. The number of anilines is 1. The van der Waals surface area contributed by atoms with Crippen molar-refractivity contribution in [3.8, 4) is 0 Å². The fourth-order valence-corrected chi connectivity index (χ4v) is 2.90. The first-order valence-electron chi connectivity index (χ1n) is 8.78. The van der Waals surface area contributed by atoms with Crippen molar-refractivity contribution in [2.75, 3.05) is 25.0 Å². The van der Waals surface area contributed by atoms with Gasteiger partial charge in [0, 0.05) is 44.9 Å². The van der Waals surface area contributed by atoms with E-state index in [4.69, 9.17) is 0 Å². The molecule has 1 aliphatic carbocycles. The van der Waals surface area contributed by atoms with Gasteiger partial charge in [0.05, 0.1) is 0 Å². The Bertz CT molecular complexity index is 503. The molecule has 132 valence electrons. The van der Waals surface area contributed by atoms with E-state index < -0.39 is 0 Å². The summed E-state index contributed by atoms with van der Waals surface area (Å²) in [4.78, 5) is 31.6. The van der Waals surface area contributed by atoms with Crippen LogP contribution < -0.4 is 16.0 Å². The number of carbonyl (C=O) groups excluding carboxylic acids is 2. The van der Waals surface area contributed by atoms with E-state index in [1.807, 2.05) is 0 Å². The maximum Gasteiger partial charge on any atom is 0.222 e. The third-order valence-electron chi connectivity index (χ3n) is 4.17. The molecule has 3 N–H and O–H groups in total. The number of rotatable bonds is 9. The third kappa shape index (κ3) is 7.39. The fourth-order valence-electron chi connectivity index (χ4n) is 2.90. The third-order valence-corrected chi connectivity index (χ3v) is 4.17. The van der Waals surface area contributed by atoms with Crippen LogP contribution >= 0.6 is 0 Å². The minimum absolute atomic E-state index is 0.0556. The first-order valence-corrected chi connectivity index (χ1v) is 8.78. The average molecular weight is 333 g/mol.